The van der Waals surface area contributed by atoms with Gasteiger partial charge in [0.1, 0.15) is 5.58 Å². The average molecular weight is 392 g/mol. The van der Waals surface area contributed by atoms with Crippen molar-refractivity contribution in [2.24, 2.45) is 5.92 Å². The maximum Gasteiger partial charge on any atom is 0.243 e. The summed E-state index contributed by atoms with van der Waals surface area (Å²) in [6.45, 7) is 3.15. The van der Waals surface area contributed by atoms with Crippen molar-refractivity contribution in [2.75, 3.05) is 39.4 Å². The summed E-state index contributed by atoms with van der Waals surface area (Å²) < 4.78 is 38.2. The van der Waals surface area contributed by atoms with Crippen LogP contribution in [0.5, 0.6) is 0 Å². The zero-order valence-corrected chi connectivity index (χ0v) is 16.0. The van der Waals surface area contributed by atoms with Crippen LogP contribution in [0.15, 0.2) is 39.8 Å². The van der Waals surface area contributed by atoms with E-state index in [1.54, 1.807) is 30.5 Å². The molecule has 4 rings (SSSR count). The summed E-state index contributed by atoms with van der Waals surface area (Å²) >= 11 is 0. The molecule has 2 aromatic rings. The van der Waals surface area contributed by atoms with Gasteiger partial charge in [-0.3, -0.25) is 4.79 Å². The smallest absolute Gasteiger partial charge is 0.243 e. The number of hydrogen-bond acceptors (Lipinski definition) is 5. The number of furan rings is 1. The van der Waals surface area contributed by atoms with E-state index in [1.807, 2.05) is 4.90 Å². The monoisotopic (exact) mass is 392 g/mol. The lowest BCUT2D eigenvalue weighted by Crippen LogP contribution is -2.43. The fourth-order valence-corrected chi connectivity index (χ4v) is 5.35. The predicted octanol–water partition coefficient (Wildman–Crippen LogP) is 2.08. The van der Waals surface area contributed by atoms with Crippen molar-refractivity contribution in [2.45, 2.75) is 24.2 Å². The van der Waals surface area contributed by atoms with Gasteiger partial charge >= 0.3 is 0 Å². The Morgan fingerprint density at radius 1 is 1.07 bits per heavy atom. The van der Waals surface area contributed by atoms with E-state index >= 15 is 0 Å². The van der Waals surface area contributed by atoms with E-state index in [-0.39, 0.29) is 16.7 Å². The molecular formula is C19H24N2O5S. The number of rotatable bonds is 3. The summed E-state index contributed by atoms with van der Waals surface area (Å²) in [5.74, 6) is 0.111. The predicted molar refractivity (Wildman–Crippen MR) is 99.7 cm³/mol. The Hall–Kier alpha value is -1.90. The van der Waals surface area contributed by atoms with E-state index in [9.17, 15) is 13.2 Å². The van der Waals surface area contributed by atoms with Crippen LogP contribution in [0.4, 0.5) is 0 Å². The van der Waals surface area contributed by atoms with Crippen LogP contribution < -0.4 is 0 Å². The molecule has 2 saturated heterocycles. The van der Waals surface area contributed by atoms with Crippen LogP contribution in [0.25, 0.3) is 11.0 Å². The van der Waals surface area contributed by atoms with Gasteiger partial charge in [0, 0.05) is 38.2 Å². The summed E-state index contributed by atoms with van der Waals surface area (Å²) in [5.41, 5.74) is 0.673. The van der Waals surface area contributed by atoms with Crippen molar-refractivity contribution in [3.8, 4) is 0 Å². The average Bonchev–Trinajstić information content (AvgIpc) is 3.32. The van der Waals surface area contributed by atoms with Crippen LogP contribution in [0.3, 0.4) is 0 Å². The highest BCUT2D eigenvalue weighted by Gasteiger charge is 2.30. The summed E-state index contributed by atoms with van der Waals surface area (Å²) in [5, 5.41) is 0.777. The third-order valence-corrected chi connectivity index (χ3v) is 7.22. The van der Waals surface area contributed by atoms with Crippen LogP contribution in [0.2, 0.25) is 0 Å². The molecule has 0 saturated carbocycles. The standard InChI is InChI=1S/C19H24N2O5S/c22-19(16-5-11-25-14-16)20-7-1-9-21(10-2-8-20)27(23,24)17-3-4-18-15(13-17)6-12-26-18/h3-4,6,12-13,16H,1-2,5,7-11,14H2. The molecule has 1 aromatic heterocycles. The van der Waals surface area contributed by atoms with Crippen molar-refractivity contribution in [3.05, 3.63) is 30.5 Å². The molecule has 2 fully saturated rings. The zero-order valence-electron chi connectivity index (χ0n) is 15.2. The number of benzene rings is 1. The van der Waals surface area contributed by atoms with Gasteiger partial charge in [0.25, 0.3) is 0 Å². The molecule has 0 bridgehead atoms. The van der Waals surface area contributed by atoms with E-state index < -0.39 is 10.0 Å². The van der Waals surface area contributed by atoms with E-state index in [1.165, 1.54) is 4.31 Å². The summed E-state index contributed by atoms with van der Waals surface area (Å²) in [6.07, 6.45) is 3.60. The zero-order chi connectivity index (χ0) is 18.9. The van der Waals surface area contributed by atoms with Crippen LogP contribution in [0, 0.1) is 5.92 Å². The van der Waals surface area contributed by atoms with Gasteiger partial charge in [0.2, 0.25) is 15.9 Å². The normalized spacial score (nSPS) is 22.7. The topological polar surface area (TPSA) is 80.1 Å². The molecule has 0 N–H and O–H groups in total. The molecule has 2 aliphatic heterocycles. The molecule has 2 aliphatic rings. The quantitative estimate of drug-likeness (QED) is 0.799. The Bertz CT molecular complexity index is 907. The number of hydrogen-bond donors (Lipinski definition) is 0. The first-order valence-corrected chi connectivity index (χ1v) is 10.8. The van der Waals surface area contributed by atoms with Crippen LogP contribution in [-0.4, -0.2) is 62.9 Å². The van der Waals surface area contributed by atoms with E-state index in [0.717, 1.165) is 11.8 Å². The number of sulfonamides is 1. The maximum absolute atomic E-state index is 13.0. The Labute approximate surface area is 158 Å². The molecule has 7 nitrogen and oxygen atoms in total. The second-order valence-electron chi connectivity index (χ2n) is 7.12. The lowest BCUT2D eigenvalue weighted by atomic mass is 10.1. The highest BCUT2D eigenvalue weighted by atomic mass is 32.2. The molecule has 0 spiro atoms. The molecule has 3 heterocycles. The minimum atomic E-state index is -3.56. The number of carbonyl (C=O) groups is 1. The molecule has 1 amide bonds. The van der Waals surface area contributed by atoms with Crippen molar-refractivity contribution in [3.63, 3.8) is 0 Å². The maximum atomic E-state index is 13.0. The van der Waals surface area contributed by atoms with Gasteiger partial charge in [-0.1, -0.05) is 0 Å². The number of amides is 1. The third-order valence-electron chi connectivity index (χ3n) is 5.32. The van der Waals surface area contributed by atoms with Gasteiger partial charge in [-0.25, -0.2) is 8.42 Å². The second-order valence-corrected chi connectivity index (χ2v) is 9.06. The van der Waals surface area contributed by atoms with Crippen molar-refractivity contribution >= 4 is 26.9 Å². The Morgan fingerprint density at radius 2 is 1.85 bits per heavy atom. The first-order valence-electron chi connectivity index (χ1n) is 9.40. The molecular weight excluding hydrogens is 368 g/mol. The molecule has 0 aliphatic carbocycles. The van der Waals surface area contributed by atoms with Crippen molar-refractivity contribution < 1.29 is 22.4 Å². The minimum Gasteiger partial charge on any atom is -0.464 e. The number of nitrogens with zero attached hydrogens (tertiary/aromatic N) is 2. The van der Waals surface area contributed by atoms with Crippen LogP contribution >= 0.6 is 0 Å². The summed E-state index contributed by atoms with van der Waals surface area (Å²) in [4.78, 5) is 14.7. The fraction of sp³-hybridized carbons (Fsp3) is 0.526. The molecule has 1 unspecified atom stereocenters. The first kappa shape index (κ1) is 18.5. The molecule has 1 aromatic carbocycles. The largest absolute Gasteiger partial charge is 0.464 e. The lowest BCUT2D eigenvalue weighted by molar-refractivity contribution is -0.135. The highest BCUT2D eigenvalue weighted by Crippen LogP contribution is 2.24. The Kier molecular flexibility index (Phi) is 5.21. The van der Waals surface area contributed by atoms with E-state index in [0.29, 0.717) is 57.8 Å². The Morgan fingerprint density at radius 3 is 2.56 bits per heavy atom. The van der Waals surface area contributed by atoms with E-state index in [2.05, 4.69) is 0 Å². The summed E-state index contributed by atoms with van der Waals surface area (Å²) in [7, 11) is -3.56. The Balaban J connectivity index is 1.43. The minimum absolute atomic E-state index is 0.0362. The number of fused-ring (bicyclic) bond motifs is 1. The van der Waals surface area contributed by atoms with Gasteiger partial charge in [0.05, 0.1) is 23.7 Å². The lowest BCUT2D eigenvalue weighted by Gasteiger charge is -2.31. The van der Waals surface area contributed by atoms with Crippen molar-refractivity contribution in [1.29, 1.82) is 0 Å². The molecule has 0 radical (unpaired) electrons. The molecule has 27 heavy (non-hydrogen) atoms. The van der Waals surface area contributed by atoms with E-state index in [4.69, 9.17) is 9.15 Å². The molecule has 8 heteroatoms. The van der Waals surface area contributed by atoms with Gasteiger partial charge < -0.3 is 14.1 Å². The molecule has 146 valence electrons. The number of carbonyl (C=O) groups excluding carboxylic acids is 1. The first-order chi connectivity index (χ1) is 13.1. The van der Waals surface area contributed by atoms with Crippen LogP contribution in [0.1, 0.15) is 19.3 Å². The van der Waals surface area contributed by atoms with Gasteiger partial charge in [0.15, 0.2) is 0 Å². The van der Waals surface area contributed by atoms with Gasteiger partial charge in [-0.05, 0) is 43.5 Å². The fourth-order valence-electron chi connectivity index (χ4n) is 3.80. The SMILES string of the molecule is O=C(C1CCOC1)N1CCCN(S(=O)(=O)c2ccc3occc3c2)CCC1. The second kappa shape index (κ2) is 7.61. The van der Waals surface area contributed by atoms with Gasteiger partial charge in [-0.2, -0.15) is 4.31 Å². The number of ether oxygens (including phenoxy) is 1. The molecule has 1 atom stereocenters. The highest BCUT2D eigenvalue weighted by molar-refractivity contribution is 7.89. The van der Waals surface area contributed by atoms with Crippen molar-refractivity contribution in [1.82, 2.24) is 9.21 Å². The summed E-state index contributed by atoms with van der Waals surface area (Å²) in [6, 6.07) is 6.70. The van der Waals surface area contributed by atoms with Gasteiger partial charge in [-0.15, -0.1) is 0 Å². The third kappa shape index (κ3) is 3.74. The van der Waals surface area contributed by atoms with Crippen LogP contribution in [-0.2, 0) is 19.6 Å².